The van der Waals surface area contributed by atoms with E-state index >= 15 is 0 Å². The largest absolute Gasteiger partial charge is 0.392 e. The number of nitrogens with two attached hydrogens (primary N) is 1. The molecule has 6 nitrogen and oxygen atoms in total. The van der Waals surface area contributed by atoms with Crippen LogP contribution in [0.1, 0.15) is 23.2 Å². The van der Waals surface area contributed by atoms with Crippen LogP contribution in [0.5, 0.6) is 0 Å². The Morgan fingerprint density at radius 1 is 1.61 bits per heavy atom. The van der Waals surface area contributed by atoms with Gasteiger partial charge in [0.1, 0.15) is 0 Å². The molecule has 18 heavy (non-hydrogen) atoms. The van der Waals surface area contributed by atoms with Crippen molar-refractivity contribution in [1.82, 2.24) is 20.4 Å². The van der Waals surface area contributed by atoms with Crippen LogP contribution in [0, 0.1) is 0 Å². The van der Waals surface area contributed by atoms with Crippen molar-refractivity contribution in [1.29, 1.82) is 0 Å². The first-order valence-electron chi connectivity index (χ1n) is 5.95. The maximum absolute atomic E-state index is 11.8. The molecule has 1 aromatic heterocycles. The highest BCUT2D eigenvalue weighted by atomic mass is 32.1. The van der Waals surface area contributed by atoms with Crippen LogP contribution >= 0.6 is 12.2 Å². The molecule has 7 heteroatoms. The number of nitrogens with one attached hydrogen (secondary N) is 2. The highest BCUT2D eigenvalue weighted by molar-refractivity contribution is 7.80. The fraction of sp³-hybridized carbons (Fsp3) is 0.545. The number of rotatable bonds is 4. The molecular formula is C11H17N5OS. The molecule has 4 N–H and O–H groups in total. The number of carbonyl (C=O) groups excluding carboxylic acids is 1. The average Bonchev–Trinajstić information content (AvgIpc) is 2.84. The van der Waals surface area contributed by atoms with Gasteiger partial charge in [0.15, 0.2) is 0 Å². The molecule has 1 saturated heterocycles. The molecule has 98 valence electrons. The Bertz CT molecular complexity index is 411. The predicted octanol–water partition coefficient (Wildman–Crippen LogP) is -0.110. The highest BCUT2D eigenvalue weighted by Crippen LogP contribution is 2.10. The van der Waals surface area contributed by atoms with Gasteiger partial charge in [-0.05, 0) is 12.8 Å². The first-order chi connectivity index (χ1) is 8.65. The number of carbonyl (C=O) groups is 1. The fourth-order valence-electron chi connectivity index (χ4n) is 2.10. The van der Waals surface area contributed by atoms with Crippen molar-refractivity contribution < 1.29 is 4.79 Å². The number of nitrogens with zero attached hydrogens (tertiary/aromatic N) is 2. The lowest BCUT2D eigenvalue weighted by molar-refractivity contribution is 0.0915. The maximum Gasteiger partial charge on any atom is 0.254 e. The minimum atomic E-state index is -0.0726. The normalized spacial score (nSPS) is 17.6. The zero-order valence-corrected chi connectivity index (χ0v) is 10.9. The second kappa shape index (κ2) is 5.92. The van der Waals surface area contributed by atoms with Crippen molar-refractivity contribution in [2.75, 3.05) is 19.6 Å². The molecule has 2 rings (SSSR count). The Morgan fingerprint density at radius 3 is 2.89 bits per heavy atom. The van der Waals surface area contributed by atoms with Gasteiger partial charge in [0, 0.05) is 31.9 Å². The van der Waals surface area contributed by atoms with Gasteiger partial charge in [0.25, 0.3) is 5.91 Å². The lowest BCUT2D eigenvalue weighted by Gasteiger charge is -2.31. The first kappa shape index (κ1) is 13.0. The van der Waals surface area contributed by atoms with Crippen LogP contribution in [-0.4, -0.2) is 51.7 Å². The SMILES string of the molecule is NC(=S)CN1CCC(NC(=O)c2cn[nH]c2)CC1. The van der Waals surface area contributed by atoms with E-state index in [4.69, 9.17) is 18.0 Å². The number of thiocarbonyl (C=S) groups is 1. The van der Waals surface area contributed by atoms with Gasteiger partial charge < -0.3 is 11.1 Å². The molecule has 1 aliphatic heterocycles. The maximum atomic E-state index is 11.8. The monoisotopic (exact) mass is 267 g/mol. The fourth-order valence-corrected chi connectivity index (χ4v) is 2.28. The number of H-pyrrole nitrogens is 1. The van der Waals surface area contributed by atoms with E-state index in [2.05, 4.69) is 20.4 Å². The smallest absolute Gasteiger partial charge is 0.254 e. The average molecular weight is 267 g/mol. The van der Waals surface area contributed by atoms with Crippen molar-refractivity contribution in [3.63, 3.8) is 0 Å². The molecule has 1 aliphatic rings. The molecule has 1 amide bonds. The Labute approximate surface area is 111 Å². The zero-order chi connectivity index (χ0) is 13.0. The summed E-state index contributed by atoms with van der Waals surface area (Å²) >= 11 is 4.89. The molecule has 2 heterocycles. The summed E-state index contributed by atoms with van der Waals surface area (Å²) in [7, 11) is 0. The number of piperidine rings is 1. The van der Waals surface area contributed by atoms with Crippen LogP contribution in [0.3, 0.4) is 0 Å². The highest BCUT2D eigenvalue weighted by Gasteiger charge is 2.21. The van der Waals surface area contributed by atoms with Crippen LogP contribution in [0.15, 0.2) is 12.4 Å². The summed E-state index contributed by atoms with van der Waals surface area (Å²) in [6.07, 6.45) is 4.97. The van der Waals surface area contributed by atoms with E-state index in [1.54, 1.807) is 6.20 Å². The summed E-state index contributed by atoms with van der Waals surface area (Å²) in [5, 5.41) is 9.39. The molecule has 0 spiro atoms. The van der Waals surface area contributed by atoms with Gasteiger partial charge in [-0.1, -0.05) is 12.2 Å². The van der Waals surface area contributed by atoms with E-state index in [9.17, 15) is 4.79 Å². The van der Waals surface area contributed by atoms with Crippen LogP contribution in [-0.2, 0) is 0 Å². The van der Waals surface area contributed by atoms with Gasteiger partial charge in [-0.15, -0.1) is 0 Å². The number of aromatic nitrogens is 2. The summed E-state index contributed by atoms with van der Waals surface area (Å²) in [4.78, 5) is 14.5. The molecule has 0 unspecified atom stereocenters. The third-order valence-corrected chi connectivity index (χ3v) is 3.19. The predicted molar refractivity (Wildman–Crippen MR) is 72.3 cm³/mol. The first-order valence-corrected chi connectivity index (χ1v) is 6.36. The van der Waals surface area contributed by atoms with Crippen LogP contribution in [0.2, 0.25) is 0 Å². The molecule has 1 fully saturated rings. The number of amides is 1. The second-order valence-electron chi connectivity index (χ2n) is 4.48. The van der Waals surface area contributed by atoms with Crippen LogP contribution in [0.4, 0.5) is 0 Å². The molecule has 0 aliphatic carbocycles. The van der Waals surface area contributed by atoms with Crippen molar-refractivity contribution >= 4 is 23.1 Å². The van der Waals surface area contributed by atoms with E-state index in [0.29, 0.717) is 17.1 Å². The molecular weight excluding hydrogens is 250 g/mol. The Balaban J connectivity index is 1.77. The number of hydrogen-bond donors (Lipinski definition) is 3. The summed E-state index contributed by atoms with van der Waals surface area (Å²) < 4.78 is 0. The zero-order valence-electron chi connectivity index (χ0n) is 10.1. The van der Waals surface area contributed by atoms with Gasteiger partial charge in [-0.2, -0.15) is 5.10 Å². The standard InChI is InChI=1S/C11H17N5OS/c12-10(18)7-16-3-1-9(2-4-16)15-11(17)8-5-13-14-6-8/h5-6,9H,1-4,7H2,(H2,12,18)(H,13,14)(H,15,17). The Kier molecular flexibility index (Phi) is 4.27. The van der Waals surface area contributed by atoms with Gasteiger partial charge in [0.05, 0.1) is 16.7 Å². The van der Waals surface area contributed by atoms with E-state index < -0.39 is 0 Å². The molecule has 1 aromatic rings. The third-order valence-electron chi connectivity index (χ3n) is 3.06. The minimum Gasteiger partial charge on any atom is -0.392 e. The third kappa shape index (κ3) is 3.51. The molecule has 0 radical (unpaired) electrons. The van der Waals surface area contributed by atoms with Crippen LogP contribution < -0.4 is 11.1 Å². The minimum absolute atomic E-state index is 0.0726. The van der Waals surface area contributed by atoms with Gasteiger partial charge >= 0.3 is 0 Å². The molecule has 0 saturated carbocycles. The van der Waals surface area contributed by atoms with Gasteiger partial charge in [0.2, 0.25) is 0 Å². The topological polar surface area (TPSA) is 87.0 Å². The van der Waals surface area contributed by atoms with Crippen molar-refractivity contribution in [2.24, 2.45) is 5.73 Å². The van der Waals surface area contributed by atoms with Crippen LogP contribution in [0.25, 0.3) is 0 Å². The number of likely N-dealkylation sites (tertiary alicyclic amines) is 1. The summed E-state index contributed by atoms with van der Waals surface area (Å²) in [5.41, 5.74) is 6.08. The quantitative estimate of drug-likeness (QED) is 0.663. The molecule has 0 bridgehead atoms. The summed E-state index contributed by atoms with van der Waals surface area (Å²) in [5.74, 6) is -0.0726. The van der Waals surface area contributed by atoms with Crippen molar-refractivity contribution in [3.8, 4) is 0 Å². The Morgan fingerprint density at radius 2 is 2.33 bits per heavy atom. The van der Waals surface area contributed by atoms with E-state index in [1.807, 2.05) is 0 Å². The number of hydrogen-bond acceptors (Lipinski definition) is 4. The summed E-state index contributed by atoms with van der Waals surface area (Å²) in [6, 6.07) is 0.218. The van der Waals surface area contributed by atoms with Gasteiger partial charge in [-0.3, -0.25) is 14.8 Å². The van der Waals surface area contributed by atoms with E-state index in [-0.39, 0.29) is 11.9 Å². The second-order valence-corrected chi connectivity index (χ2v) is 5.00. The Hall–Kier alpha value is -1.47. The number of aromatic amines is 1. The van der Waals surface area contributed by atoms with Crippen molar-refractivity contribution in [2.45, 2.75) is 18.9 Å². The lowest BCUT2D eigenvalue weighted by atomic mass is 10.0. The van der Waals surface area contributed by atoms with E-state index in [1.165, 1.54) is 6.20 Å². The van der Waals surface area contributed by atoms with Gasteiger partial charge in [-0.25, -0.2) is 0 Å². The summed E-state index contributed by atoms with van der Waals surface area (Å²) in [6.45, 7) is 2.49. The molecule has 0 atom stereocenters. The van der Waals surface area contributed by atoms with E-state index in [0.717, 1.165) is 25.9 Å². The lowest BCUT2D eigenvalue weighted by Crippen LogP contribution is -2.46. The van der Waals surface area contributed by atoms with Crippen molar-refractivity contribution in [3.05, 3.63) is 18.0 Å². The molecule has 0 aromatic carbocycles.